The van der Waals surface area contributed by atoms with E-state index in [0.717, 1.165) is 28.2 Å². The second kappa shape index (κ2) is 7.13. The Hall–Kier alpha value is -2.56. The molecule has 0 unspecified atom stereocenters. The molecule has 0 radical (unpaired) electrons. The minimum atomic E-state index is -0.117. The fraction of sp³-hybridized carbons (Fsp3) is 0.333. The lowest BCUT2D eigenvalue weighted by molar-refractivity contribution is -0.115. The summed E-state index contributed by atoms with van der Waals surface area (Å²) in [6.07, 6.45) is 0.202. The number of benzene rings is 1. The lowest BCUT2D eigenvalue weighted by Gasteiger charge is -2.13. The molecule has 1 amide bonds. The van der Waals surface area contributed by atoms with E-state index < -0.39 is 0 Å². The zero-order chi connectivity index (χ0) is 17.0. The molecule has 0 aliphatic rings. The van der Waals surface area contributed by atoms with Gasteiger partial charge in [0, 0.05) is 11.3 Å². The zero-order valence-electron chi connectivity index (χ0n) is 14.2. The van der Waals surface area contributed by atoms with Gasteiger partial charge in [0.05, 0.1) is 32.0 Å². The average molecular weight is 314 g/mol. The molecule has 5 nitrogen and oxygen atoms in total. The number of anilines is 1. The number of amides is 1. The summed E-state index contributed by atoms with van der Waals surface area (Å²) in [5.74, 6) is 1.24. The summed E-state index contributed by atoms with van der Waals surface area (Å²) in [5.41, 5.74) is 4.30. The minimum absolute atomic E-state index is 0.117. The number of rotatable bonds is 5. The van der Waals surface area contributed by atoms with E-state index in [9.17, 15) is 4.79 Å². The molecule has 1 heterocycles. The van der Waals surface area contributed by atoms with Crippen LogP contribution in [0.15, 0.2) is 24.3 Å². The monoisotopic (exact) mass is 314 g/mol. The van der Waals surface area contributed by atoms with E-state index in [0.29, 0.717) is 11.5 Å². The largest absolute Gasteiger partial charge is 0.497 e. The van der Waals surface area contributed by atoms with Crippen LogP contribution in [0.4, 0.5) is 5.69 Å². The average Bonchev–Trinajstić information content (AvgIpc) is 2.50. The summed E-state index contributed by atoms with van der Waals surface area (Å²) in [5, 5.41) is 2.95. The number of nitrogens with zero attached hydrogens (tertiary/aromatic N) is 1. The molecule has 23 heavy (non-hydrogen) atoms. The van der Waals surface area contributed by atoms with Crippen molar-refractivity contribution in [1.82, 2.24) is 4.98 Å². The molecule has 2 rings (SSSR count). The van der Waals surface area contributed by atoms with Gasteiger partial charge in [-0.2, -0.15) is 0 Å². The Morgan fingerprint density at radius 1 is 1.13 bits per heavy atom. The van der Waals surface area contributed by atoms with Crippen LogP contribution in [0.1, 0.15) is 22.5 Å². The topological polar surface area (TPSA) is 60.5 Å². The zero-order valence-corrected chi connectivity index (χ0v) is 14.2. The summed E-state index contributed by atoms with van der Waals surface area (Å²) < 4.78 is 10.5. The number of nitrogens with one attached hydrogen (secondary N) is 1. The van der Waals surface area contributed by atoms with E-state index in [1.54, 1.807) is 26.4 Å². The van der Waals surface area contributed by atoms with Crippen molar-refractivity contribution in [2.45, 2.75) is 27.2 Å². The van der Waals surface area contributed by atoms with Crippen LogP contribution in [-0.4, -0.2) is 25.1 Å². The van der Waals surface area contributed by atoms with Gasteiger partial charge in [0.2, 0.25) is 5.91 Å². The fourth-order valence-corrected chi connectivity index (χ4v) is 2.59. The van der Waals surface area contributed by atoms with Gasteiger partial charge in [-0.3, -0.25) is 9.78 Å². The molecule has 1 N–H and O–H groups in total. The number of aryl methyl sites for hydroxylation is 3. The second-order valence-electron chi connectivity index (χ2n) is 5.44. The number of aromatic nitrogens is 1. The Morgan fingerprint density at radius 2 is 1.87 bits per heavy atom. The van der Waals surface area contributed by atoms with Gasteiger partial charge in [-0.25, -0.2) is 0 Å². The number of carbonyl (C=O) groups is 1. The summed E-state index contributed by atoms with van der Waals surface area (Å²) in [6, 6.07) is 7.37. The molecule has 0 atom stereocenters. The SMILES string of the molecule is COc1ccc(OC)c(CC(=O)Nc2c(C)cc(C)nc2C)c1. The third-order valence-corrected chi connectivity index (χ3v) is 3.63. The minimum Gasteiger partial charge on any atom is -0.497 e. The number of methoxy groups -OCH3 is 2. The maximum absolute atomic E-state index is 12.4. The first-order valence-corrected chi connectivity index (χ1v) is 7.40. The molecule has 0 saturated carbocycles. The molecule has 2 aromatic rings. The fourth-order valence-electron chi connectivity index (χ4n) is 2.59. The van der Waals surface area contributed by atoms with Crippen LogP contribution in [0.5, 0.6) is 11.5 Å². The molecule has 0 aliphatic carbocycles. The maximum atomic E-state index is 12.4. The number of hydrogen-bond donors (Lipinski definition) is 1. The van der Waals surface area contributed by atoms with Crippen LogP contribution < -0.4 is 14.8 Å². The molecular formula is C18H22N2O3. The molecule has 0 spiro atoms. The van der Waals surface area contributed by atoms with E-state index in [2.05, 4.69) is 10.3 Å². The number of hydrogen-bond acceptors (Lipinski definition) is 4. The summed E-state index contributed by atoms with van der Waals surface area (Å²) in [6.45, 7) is 5.79. The number of pyridine rings is 1. The third kappa shape index (κ3) is 4.00. The highest BCUT2D eigenvalue weighted by atomic mass is 16.5. The Balaban J connectivity index is 2.20. The highest BCUT2D eigenvalue weighted by Crippen LogP contribution is 2.25. The van der Waals surface area contributed by atoms with E-state index in [1.165, 1.54) is 0 Å². The first-order valence-electron chi connectivity index (χ1n) is 7.40. The van der Waals surface area contributed by atoms with Gasteiger partial charge in [-0.05, 0) is 50.6 Å². The second-order valence-corrected chi connectivity index (χ2v) is 5.44. The van der Waals surface area contributed by atoms with Gasteiger partial charge in [0.15, 0.2) is 0 Å². The van der Waals surface area contributed by atoms with E-state index in [1.807, 2.05) is 32.9 Å². The molecule has 0 saturated heterocycles. The molecular weight excluding hydrogens is 292 g/mol. The van der Waals surface area contributed by atoms with Gasteiger partial charge in [-0.15, -0.1) is 0 Å². The summed E-state index contributed by atoms with van der Waals surface area (Å²) >= 11 is 0. The van der Waals surface area contributed by atoms with Crippen molar-refractivity contribution in [2.24, 2.45) is 0 Å². The van der Waals surface area contributed by atoms with Gasteiger partial charge in [0.25, 0.3) is 0 Å². The molecule has 1 aromatic heterocycles. The number of ether oxygens (including phenoxy) is 2. The third-order valence-electron chi connectivity index (χ3n) is 3.63. The highest BCUT2D eigenvalue weighted by molar-refractivity contribution is 5.93. The van der Waals surface area contributed by atoms with Crippen LogP contribution >= 0.6 is 0 Å². The van der Waals surface area contributed by atoms with Crippen molar-refractivity contribution in [3.8, 4) is 11.5 Å². The Bertz CT molecular complexity index is 703. The van der Waals surface area contributed by atoms with Crippen LogP contribution in [0.2, 0.25) is 0 Å². The lowest BCUT2D eigenvalue weighted by Crippen LogP contribution is -2.17. The Labute approximate surface area is 136 Å². The van der Waals surface area contributed by atoms with E-state index in [4.69, 9.17) is 9.47 Å². The predicted octanol–water partition coefficient (Wildman–Crippen LogP) is 3.21. The predicted molar refractivity (Wildman–Crippen MR) is 90.3 cm³/mol. The van der Waals surface area contributed by atoms with Crippen molar-refractivity contribution in [2.75, 3.05) is 19.5 Å². The van der Waals surface area contributed by atoms with Crippen molar-refractivity contribution in [3.05, 3.63) is 46.8 Å². The van der Waals surface area contributed by atoms with Crippen molar-refractivity contribution >= 4 is 11.6 Å². The van der Waals surface area contributed by atoms with Gasteiger partial charge >= 0.3 is 0 Å². The molecule has 0 aliphatic heterocycles. The first-order chi connectivity index (χ1) is 10.9. The van der Waals surface area contributed by atoms with Gasteiger partial charge in [0.1, 0.15) is 11.5 Å². The summed E-state index contributed by atoms with van der Waals surface area (Å²) in [4.78, 5) is 16.8. The molecule has 0 bridgehead atoms. The lowest BCUT2D eigenvalue weighted by atomic mass is 10.1. The normalized spacial score (nSPS) is 10.3. The Kier molecular flexibility index (Phi) is 5.21. The molecule has 0 fully saturated rings. The Morgan fingerprint density at radius 3 is 2.48 bits per heavy atom. The molecule has 5 heteroatoms. The van der Waals surface area contributed by atoms with Crippen LogP contribution in [0.3, 0.4) is 0 Å². The van der Waals surface area contributed by atoms with Crippen LogP contribution in [-0.2, 0) is 11.2 Å². The standard InChI is InChI=1S/C18H22N2O3/c1-11-8-12(2)19-13(3)18(11)20-17(21)10-14-9-15(22-4)6-7-16(14)23-5/h6-9H,10H2,1-5H3,(H,20,21). The maximum Gasteiger partial charge on any atom is 0.228 e. The van der Waals surface area contributed by atoms with E-state index in [-0.39, 0.29) is 12.3 Å². The summed E-state index contributed by atoms with van der Waals surface area (Å²) in [7, 11) is 3.18. The van der Waals surface area contributed by atoms with E-state index >= 15 is 0 Å². The van der Waals surface area contributed by atoms with Gasteiger partial charge < -0.3 is 14.8 Å². The van der Waals surface area contributed by atoms with Crippen molar-refractivity contribution in [1.29, 1.82) is 0 Å². The van der Waals surface area contributed by atoms with Crippen LogP contribution in [0, 0.1) is 20.8 Å². The van der Waals surface area contributed by atoms with Crippen molar-refractivity contribution in [3.63, 3.8) is 0 Å². The van der Waals surface area contributed by atoms with Crippen molar-refractivity contribution < 1.29 is 14.3 Å². The highest BCUT2D eigenvalue weighted by Gasteiger charge is 2.13. The van der Waals surface area contributed by atoms with Crippen LogP contribution in [0.25, 0.3) is 0 Å². The quantitative estimate of drug-likeness (QED) is 0.920. The van der Waals surface area contributed by atoms with Gasteiger partial charge in [-0.1, -0.05) is 0 Å². The smallest absolute Gasteiger partial charge is 0.228 e. The molecule has 1 aromatic carbocycles. The number of carbonyl (C=O) groups excluding carboxylic acids is 1. The first kappa shape index (κ1) is 16.8. The molecule has 122 valence electrons.